The van der Waals surface area contributed by atoms with E-state index in [1.807, 2.05) is 0 Å². The minimum atomic E-state index is -0.702. The Morgan fingerprint density at radius 2 is 1.47 bits per heavy atom. The standard InChI is InChI=1S/C15H27NO3/c1-9(2)13(10(3)4)14(17)16-12-7-5-11(6-8-12)15(18)19/h9-13H,5-8H2,1-4H3,(H,16,17)(H,18,19). The van der Waals surface area contributed by atoms with Gasteiger partial charge < -0.3 is 10.4 Å². The van der Waals surface area contributed by atoms with Gasteiger partial charge in [-0.2, -0.15) is 0 Å². The summed E-state index contributed by atoms with van der Waals surface area (Å²) in [5.41, 5.74) is 0. The van der Waals surface area contributed by atoms with E-state index in [1.54, 1.807) is 0 Å². The Hall–Kier alpha value is -1.06. The summed E-state index contributed by atoms with van der Waals surface area (Å²) in [6, 6.07) is 0.156. The van der Waals surface area contributed by atoms with Crippen LogP contribution in [0.2, 0.25) is 0 Å². The lowest BCUT2D eigenvalue weighted by Gasteiger charge is -2.30. The van der Waals surface area contributed by atoms with Gasteiger partial charge >= 0.3 is 5.97 Å². The second kappa shape index (κ2) is 6.92. The lowest BCUT2D eigenvalue weighted by Crippen LogP contribution is -2.44. The lowest BCUT2D eigenvalue weighted by atomic mass is 9.83. The molecule has 0 aromatic rings. The van der Waals surface area contributed by atoms with Crippen molar-refractivity contribution in [3.63, 3.8) is 0 Å². The summed E-state index contributed by atoms with van der Waals surface area (Å²) in [7, 11) is 0. The Morgan fingerprint density at radius 3 is 1.84 bits per heavy atom. The molecule has 0 heterocycles. The first-order valence-electron chi connectivity index (χ1n) is 7.36. The average Bonchev–Trinajstić information content (AvgIpc) is 2.28. The van der Waals surface area contributed by atoms with Crippen molar-refractivity contribution in [2.24, 2.45) is 23.7 Å². The number of carbonyl (C=O) groups excluding carboxylic acids is 1. The molecule has 0 aromatic heterocycles. The Balaban J connectivity index is 2.48. The molecule has 0 atom stereocenters. The minimum Gasteiger partial charge on any atom is -0.481 e. The van der Waals surface area contributed by atoms with E-state index in [-0.39, 0.29) is 23.8 Å². The molecule has 0 aromatic carbocycles. The van der Waals surface area contributed by atoms with Crippen LogP contribution in [0.4, 0.5) is 0 Å². The van der Waals surface area contributed by atoms with Crippen LogP contribution in [0.3, 0.4) is 0 Å². The monoisotopic (exact) mass is 269 g/mol. The van der Waals surface area contributed by atoms with Gasteiger partial charge in [0.1, 0.15) is 0 Å². The number of hydrogen-bond donors (Lipinski definition) is 2. The number of aliphatic carboxylic acids is 1. The van der Waals surface area contributed by atoms with E-state index in [2.05, 4.69) is 33.0 Å². The normalized spacial score (nSPS) is 23.9. The zero-order valence-corrected chi connectivity index (χ0v) is 12.5. The van der Waals surface area contributed by atoms with Gasteiger partial charge in [0.05, 0.1) is 5.92 Å². The van der Waals surface area contributed by atoms with E-state index in [1.165, 1.54) is 0 Å². The third-order valence-electron chi connectivity index (χ3n) is 4.16. The van der Waals surface area contributed by atoms with Crippen molar-refractivity contribution in [2.75, 3.05) is 0 Å². The van der Waals surface area contributed by atoms with E-state index >= 15 is 0 Å². The van der Waals surface area contributed by atoms with Crippen LogP contribution in [0.25, 0.3) is 0 Å². The van der Waals surface area contributed by atoms with Crippen LogP contribution in [-0.2, 0) is 9.59 Å². The van der Waals surface area contributed by atoms with E-state index in [4.69, 9.17) is 5.11 Å². The van der Waals surface area contributed by atoms with Crippen molar-refractivity contribution < 1.29 is 14.7 Å². The smallest absolute Gasteiger partial charge is 0.306 e. The van der Waals surface area contributed by atoms with Gasteiger partial charge in [0.25, 0.3) is 0 Å². The largest absolute Gasteiger partial charge is 0.481 e. The molecule has 2 N–H and O–H groups in total. The molecule has 0 unspecified atom stereocenters. The second-order valence-corrected chi connectivity index (χ2v) is 6.41. The highest BCUT2D eigenvalue weighted by Crippen LogP contribution is 2.26. The van der Waals surface area contributed by atoms with Crippen molar-refractivity contribution >= 4 is 11.9 Å². The zero-order valence-electron chi connectivity index (χ0n) is 12.5. The van der Waals surface area contributed by atoms with Crippen LogP contribution < -0.4 is 5.32 Å². The van der Waals surface area contributed by atoms with Crippen LogP contribution in [0.5, 0.6) is 0 Å². The fourth-order valence-electron chi connectivity index (χ4n) is 3.16. The summed E-state index contributed by atoms with van der Waals surface area (Å²) in [4.78, 5) is 23.2. The molecule has 1 aliphatic rings. The minimum absolute atomic E-state index is 0.0391. The van der Waals surface area contributed by atoms with Gasteiger partial charge in [0.2, 0.25) is 5.91 Å². The van der Waals surface area contributed by atoms with Gasteiger partial charge in [-0.05, 0) is 37.5 Å². The summed E-state index contributed by atoms with van der Waals surface area (Å²) in [5.74, 6) is -0.0992. The van der Waals surface area contributed by atoms with Gasteiger partial charge in [-0.3, -0.25) is 9.59 Å². The number of carboxylic acid groups (broad SMARTS) is 1. The van der Waals surface area contributed by atoms with Crippen molar-refractivity contribution in [1.82, 2.24) is 5.32 Å². The van der Waals surface area contributed by atoms with Crippen molar-refractivity contribution in [1.29, 1.82) is 0 Å². The summed E-state index contributed by atoms with van der Waals surface area (Å²) in [5, 5.41) is 12.1. The molecular weight excluding hydrogens is 242 g/mol. The number of rotatable bonds is 5. The summed E-state index contributed by atoms with van der Waals surface area (Å²) >= 11 is 0. The molecule has 4 heteroatoms. The Kier molecular flexibility index (Phi) is 5.83. The van der Waals surface area contributed by atoms with Gasteiger partial charge in [0, 0.05) is 12.0 Å². The first-order valence-corrected chi connectivity index (χ1v) is 7.36. The molecular formula is C15H27NO3. The average molecular weight is 269 g/mol. The molecule has 0 saturated heterocycles. The van der Waals surface area contributed by atoms with Crippen molar-refractivity contribution in [3.8, 4) is 0 Å². The van der Waals surface area contributed by atoms with E-state index in [0.29, 0.717) is 24.7 Å². The molecule has 1 fully saturated rings. The zero-order chi connectivity index (χ0) is 14.6. The third kappa shape index (κ3) is 4.51. The molecule has 19 heavy (non-hydrogen) atoms. The molecule has 0 spiro atoms. The molecule has 110 valence electrons. The van der Waals surface area contributed by atoms with E-state index < -0.39 is 5.97 Å². The maximum Gasteiger partial charge on any atom is 0.306 e. The molecule has 0 bridgehead atoms. The molecule has 0 radical (unpaired) electrons. The van der Waals surface area contributed by atoms with E-state index in [9.17, 15) is 9.59 Å². The van der Waals surface area contributed by atoms with Crippen LogP contribution in [0, 0.1) is 23.7 Å². The molecule has 1 amide bonds. The van der Waals surface area contributed by atoms with Gasteiger partial charge in [-0.25, -0.2) is 0 Å². The SMILES string of the molecule is CC(C)C(C(=O)NC1CCC(C(=O)O)CC1)C(C)C. The summed E-state index contributed by atoms with van der Waals surface area (Å²) < 4.78 is 0. The molecule has 4 nitrogen and oxygen atoms in total. The predicted octanol–water partition coefficient (Wildman–Crippen LogP) is 2.67. The maximum absolute atomic E-state index is 12.3. The molecule has 1 saturated carbocycles. The summed E-state index contributed by atoms with van der Waals surface area (Å²) in [6.45, 7) is 8.30. The van der Waals surface area contributed by atoms with Crippen LogP contribution in [0.1, 0.15) is 53.4 Å². The number of carboxylic acids is 1. The Labute approximate surface area is 116 Å². The third-order valence-corrected chi connectivity index (χ3v) is 4.16. The van der Waals surface area contributed by atoms with Crippen LogP contribution in [-0.4, -0.2) is 23.0 Å². The van der Waals surface area contributed by atoms with Gasteiger partial charge in [0.15, 0.2) is 0 Å². The first-order chi connectivity index (χ1) is 8.82. The first kappa shape index (κ1) is 16.0. The second-order valence-electron chi connectivity index (χ2n) is 6.41. The fourth-order valence-corrected chi connectivity index (χ4v) is 3.16. The predicted molar refractivity (Wildman–Crippen MR) is 74.7 cm³/mol. The van der Waals surface area contributed by atoms with Crippen molar-refractivity contribution in [2.45, 2.75) is 59.4 Å². The quantitative estimate of drug-likeness (QED) is 0.806. The lowest BCUT2D eigenvalue weighted by molar-refractivity contribution is -0.142. The highest BCUT2D eigenvalue weighted by atomic mass is 16.4. The number of carbonyl (C=O) groups is 2. The van der Waals surface area contributed by atoms with E-state index in [0.717, 1.165) is 12.8 Å². The topological polar surface area (TPSA) is 66.4 Å². The van der Waals surface area contributed by atoms with Gasteiger partial charge in [-0.1, -0.05) is 27.7 Å². The fraction of sp³-hybridized carbons (Fsp3) is 0.867. The molecule has 1 aliphatic carbocycles. The highest BCUT2D eigenvalue weighted by molar-refractivity contribution is 5.79. The highest BCUT2D eigenvalue weighted by Gasteiger charge is 2.30. The van der Waals surface area contributed by atoms with Crippen LogP contribution in [0.15, 0.2) is 0 Å². The molecule has 0 aliphatic heterocycles. The number of hydrogen-bond acceptors (Lipinski definition) is 2. The van der Waals surface area contributed by atoms with Gasteiger partial charge in [-0.15, -0.1) is 0 Å². The Bertz CT molecular complexity index is 309. The molecule has 1 rings (SSSR count). The number of amides is 1. The van der Waals surface area contributed by atoms with Crippen LogP contribution >= 0.6 is 0 Å². The maximum atomic E-state index is 12.3. The summed E-state index contributed by atoms with van der Waals surface area (Å²) in [6.07, 6.45) is 2.92. The number of nitrogens with one attached hydrogen (secondary N) is 1. The Morgan fingerprint density at radius 1 is 1.00 bits per heavy atom. The van der Waals surface area contributed by atoms with Crippen molar-refractivity contribution in [3.05, 3.63) is 0 Å².